The quantitative estimate of drug-likeness (QED) is 0.580. The number of rotatable bonds is 8. The summed E-state index contributed by atoms with van der Waals surface area (Å²) in [4.78, 5) is 11.2. The zero-order valence-corrected chi connectivity index (χ0v) is 11.9. The third-order valence-corrected chi connectivity index (χ3v) is 2.97. The predicted molar refractivity (Wildman–Crippen MR) is 75.6 cm³/mol. The number of hydrogen-bond donors (Lipinski definition) is 1. The Morgan fingerprint density at radius 1 is 1.32 bits per heavy atom. The fourth-order valence-electron chi connectivity index (χ4n) is 1.56. The Bertz CT molecular complexity index is 375. The molecule has 1 aromatic carbocycles. The van der Waals surface area contributed by atoms with Crippen LogP contribution in [0.4, 0.5) is 0 Å². The van der Waals surface area contributed by atoms with Gasteiger partial charge in [0.1, 0.15) is 5.75 Å². The van der Waals surface area contributed by atoms with Crippen molar-refractivity contribution in [2.75, 3.05) is 20.3 Å². The Morgan fingerprint density at radius 3 is 2.58 bits per heavy atom. The number of hydrogen-bond acceptors (Lipinski definition) is 4. The lowest BCUT2D eigenvalue weighted by molar-refractivity contribution is 0.0600. The van der Waals surface area contributed by atoms with Crippen LogP contribution in [0.15, 0.2) is 24.3 Å². The maximum Gasteiger partial charge on any atom is 0.337 e. The molecule has 1 aromatic rings. The first-order valence-electron chi connectivity index (χ1n) is 6.72. The normalized spacial score (nSPS) is 11.9. The van der Waals surface area contributed by atoms with Gasteiger partial charge in [0.25, 0.3) is 0 Å². The number of esters is 1. The van der Waals surface area contributed by atoms with Crippen molar-refractivity contribution < 1.29 is 14.3 Å². The van der Waals surface area contributed by atoms with Crippen LogP contribution in [-0.4, -0.2) is 32.3 Å². The highest BCUT2D eigenvalue weighted by Gasteiger charge is 2.04. The maximum absolute atomic E-state index is 11.2. The molecule has 0 aromatic heterocycles. The van der Waals surface area contributed by atoms with E-state index in [9.17, 15) is 4.79 Å². The summed E-state index contributed by atoms with van der Waals surface area (Å²) in [6.07, 6.45) is 2.10. The molecule has 1 N–H and O–H groups in total. The average Bonchev–Trinajstić information content (AvgIpc) is 2.46. The smallest absolute Gasteiger partial charge is 0.337 e. The van der Waals surface area contributed by atoms with E-state index in [0.717, 1.165) is 25.1 Å². The average molecular weight is 265 g/mol. The van der Waals surface area contributed by atoms with Gasteiger partial charge in [-0.15, -0.1) is 0 Å². The summed E-state index contributed by atoms with van der Waals surface area (Å²) in [7, 11) is 1.37. The van der Waals surface area contributed by atoms with Gasteiger partial charge in [-0.1, -0.05) is 6.92 Å². The predicted octanol–water partition coefficient (Wildman–Crippen LogP) is 2.63. The summed E-state index contributed by atoms with van der Waals surface area (Å²) in [5, 5.41) is 3.41. The van der Waals surface area contributed by atoms with Gasteiger partial charge in [0.15, 0.2) is 0 Å². The van der Waals surface area contributed by atoms with Crippen LogP contribution in [0.1, 0.15) is 37.0 Å². The molecular formula is C15H23NO3. The van der Waals surface area contributed by atoms with Crippen LogP contribution >= 0.6 is 0 Å². The molecule has 0 unspecified atom stereocenters. The van der Waals surface area contributed by atoms with Crippen LogP contribution < -0.4 is 10.1 Å². The fraction of sp³-hybridized carbons (Fsp3) is 0.533. The molecule has 1 atom stereocenters. The summed E-state index contributed by atoms with van der Waals surface area (Å²) >= 11 is 0. The Labute approximate surface area is 115 Å². The first-order valence-corrected chi connectivity index (χ1v) is 6.72. The van der Waals surface area contributed by atoms with Crippen LogP contribution in [0.25, 0.3) is 0 Å². The van der Waals surface area contributed by atoms with Crippen molar-refractivity contribution in [3.05, 3.63) is 29.8 Å². The van der Waals surface area contributed by atoms with E-state index in [2.05, 4.69) is 23.9 Å². The molecule has 0 saturated carbocycles. The number of carbonyl (C=O) groups excluding carboxylic acids is 1. The van der Waals surface area contributed by atoms with Crippen LogP contribution in [0.3, 0.4) is 0 Å². The van der Waals surface area contributed by atoms with E-state index in [4.69, 9.17) is 4.74 Å². The zero-order valence-electron chi connectivity index (χ0n) is 11.9. The van der Waals surface area contributed by atoms with E-state index in [0.29, 0.717) is 18.2 Å². The minimum atomic E-state index is -0.329. The van der Waals surface area contributed by atoms with Gasteiger partial charge in [-0.05, 0) is 50.6 Å². The lowest BCUT2D eigenvalue weighted by Crippen LogP contribution is -2.27. The van der Waals surface area contributed by atoms with Crippen molar-refractivity contribution in [1.82, 2.24) is 5.32 Å². The molecule has 0 spiro atoms. The van der Waals surface area contributed by atoms with Crippen molar-refractivity contribution in [2.24, 2.45) is 0 Å². The highest BCUT2D eigenvalue weighted by molar-refractivity contribution is 5.89. The lowest BCUT2D eigenvalue weighted by atomic mass is 10.2. The molecule has 0 amide bonds. The minimum absolute atomic E-state index is 0.329. The molecule has 4 heteroatoms. The number of methoxy groups -OCH3 is 1. The molecule has 0 aliphatic heterocycles. The van der Waals surface area contributed by atoms with Crippen molar-refractivity contribution in [2.45, 2.75) is 32.7 Å². The monoisotopic (exact) mass is 265 g/mol. The molecule has 19 heavy (non-hydrogen) atoms. The Balaban J connectivity index is 2.25. The van der Waals surface area contributed by atoms with Gasteiger partial charge in [-0.2, -0.15) is 0 Å². The maximum atomic E-state index is 11.2. The molecule has 0 aliphatic carbocycles. The van der Waals surface area contributed by atoms with Crippen LogP contribution in [-0.2, 0) is 4.74 Å². The Hall–Kier alpha value is -1.55. The second-order valence-electron chi connectivity index (χ2n) is 4.48. The molecule has 0 bridgehead atoms. The second-order valence-corrected chi connectivity index (χ2v) is 4.48. The van der Waals surface area contributed by atoms with E-state index in [1.807, 2.05) is 0 Å². The topological polar surface area (TPSA) is 47.6 Å². The van der Waals surface area contributed by atoms with Gasteiger partial charge in [0.05, 0.1) is 19.3 Å². The molecule has 0 heterocycles. The zero-order chi connectivity index (χ0) is 14.1. The van der Waals surface area contributed by atoms with Crippen LogP contribution in [0.2, 0.25) is 0 Å². The van der Waals surface area contributed by atoms with Crippen LogP contribution in [0, 0.1) is 0 Å². The van der Waals surface area contributed by atoms with E-state index >= 15 is 0 Å². The van der Waals surface area contributed by atoms with Gasteiger partial charge in [-0.25, -0.2) is 4.79 Å². The molecule has 0 aliphatic rings. The summed E-state index contributed by atoms with van der Waals surface area (Å²) in [5.41, 5.74) is 0.535. The van der Waals surface area contributed by atoms with Crippen LogP contribution in [0.5, 0.6) is 5.75 Å². The van der Waals surface area contributed by atoms with Crippen molar-refractivity contribution in [1.29, 1.82) is 0 Å². The first-order chi connectivity index (χ1) is 9.17. The molecule has 4 nitrogen and oxygen atoms in total. The van der Waals surface area contributed by atoms with Gasteiger partial charge < -0.3 is 14.8 Å². The van der Waals surface area contributed by atoms with Gasteiger partial charge in [0.2, 0.25) is 0 Å². The molecule has 0 radical (unpaired) electrons. The highest BCUT2D eigenvalue weighted by Crippen LogP contribution is 2.12. The summed E-state index contributed by atoms with van der Waals surface area (Å²) in [6, 6.07) is 7.54. The van der Waals surface area contributed by atoms with Crippen molar-refractivity contribution >= 4 is 5.97 Å². The fourth-order valence-corrected chi connectivity index (χ4v) is 1.56. The van der Waals surface area contributed by atoms with E-state index < -0.39 is 0 Å². The molecule has 0 saturated heterocycles. The van der Waals surface area contributed by atoms with Crippen molar-refractivity contribution in [3.8, 4) is 5.75 Å². The SMILES string of the molecule is CC[C@H](C)NCCCOc1ccc(C(=O)OC)cc1. The molecular weight excluding hydrogens is 242 g/mol. The number of ether oxygens (including phenoxy) is 2. The van der Waals surface area contributed by atoms with Gasteiger partial charge in [-0.3, -0.25) is 0 Å². The third kappa shape index (κ3) is 5.75. The second kappa shape index (κ2) is 8.53. The number of benzene rings is 1. The summed E-state index contributed by atoms with van der Waals surface area (Å²) < 4.78 is 10.2. The Kier molecular flexibility index (Phi) is 6.97. The number of nitrogens with one attached hydrogen (secondary N) is 1. The lowest BCUT2D eigenvalue weighted by Gasteiger charge is -2.11. The minimum Gasteiger partial charge on any atom is -0.494 e. The standard InChI is InChI=1S/C15H23NO3/c1-4-12(2)16-10-5-11-19-14-8-6-13(7-9-14)15(17)18-3/h6-9,12,16H,4-5,10-11H2,1-3H3/t12-/m0/s1. The van der Waals surface area contributed by atoms with Crippen molar-refractivity contribution in [3.63, 3.8) is 0 Å². The molecule has 0 fully saturated rings. The first kappa shape index (κ1) is 15.5. The molecule has 106 valence electrons. The number of carbonyl (C=O) groups is 1. The third-order valence-electron chi connectivity index (χ3n) is 2.97. The largest absolute Gasteiger partial charge is 0.494 e. The summed E-state index contributed by atoms with van der Waals surface area (Å²) in [5.74, 6) is 0.445. The molecule has 1 rings (SSSR count). The Morgan fingerprint density at radius 2 is 2.00 bits per heavy atom. The van der Waals surface area contributed by atoms with E-state index in [1.54, 1.807) is 24.3 Å². The van der Waals surface area contributed by atoms with E-state index in [-0.39, 0.29) is 5.97 Å². The summed E-state index contributed by atoms with van der Waals surface area (Å²) in [6.45, 7) is 5.96. The van der Waals surface area contributed by atoms with Gasteiger partial charge in [0, 0.05) is 6.04 Å². The van der Waals surface area contributed by atoms with Gasteiger partial charge >= 0.3 is 5.97 Å². The van der Waals surface area contributed by atoms with E-state index in [1.165, 1.54) is 7.11 Å². The highest BCUT2D eigenvalue weighted by atomic mass is 16.5.